The summed E-state index contributed by atoms with van der Waals surface area (Å²) in [5.41, 5.74) is 4.06. The average Bonchev–Trinajstić information content (AvgIpc) is 2.89. The Balaban J connectivity index is 1.33. The molecular weight excluding hydrogens is 436 g/mol. The van der Waals surface area contributed by atoms with Crippen molar-refractivity contribution in [2.24, 2.45) is 5.92 Å². The van der Waals surface area contributed by atoms with E-state index in [0.717, 1.165) is 31.2 Å². The lowest BCUT2D eigenvalue weighted by atomic mass is 9.80. The summed E-state index contributed by atoms with van der Waals surface area (Å²) < 4.78 is 0. The van der Waals surface area contributed by atoms with E-state index in [9.17, 15) is 0 Å². The van der Waals surface area contributed by atoms with E-state index in [1.54, 1.807) is 0 Å². The zero-order chi connectivity index (χ0) is 23.3. The zero-order valence-corrected chi connectivity index (χ0v) is 20.6. The largest absolute Gasteiger partial charge is 0.310 e. The summed E-state index contributed by atoms with van der Waals surface area (Å²) in [5, 5.41) is 7.42. The number of halogens is 1. The Morgan fingerprint density at radius 3 is 2.47 bits per heavy atom. The summed E-state index contributed by atoms with van der Waals surface area (Å²) in [7, 11) is 0. The predicted molar refractivity (Wildman–Crippen MR) is 144 cm³/mol. The molecule has 4 aromatic carbocycles. The number of piperidine rings is 1. The molecule has 0 aliphatic carbocycles. The van der Waals surface area contributed by atoms with Gasteiger partial charge in [0.1, 0.15) is 0 Å². The molecule has 3 heteroatoms. The minimum Gasteiger partial charge on any atom is -0.310 e. The molecule has 0 bridgehead atoms. The molecule has 4 aromatic rings. The summed E-state index contributed by atoms with van der Waals surface area (Å²) in [6.45, 7) is 6.36. The molecule has 34 heavy (non-hydrogen) atoms. The van der Waals surface area contributed by atoms with Crippen molar-refractivity contribution in [3.05, 3.63) is 119 Å². The third-order valence-electron chi connectivity index (χ3n) is 7.37. The lowest BCUT2D eigenvalue weighted by Crippen LogP contribution is -2.43. The maximum Gasteiger partial charge on any atom is 0.0451 e. The van der Waals surface area contributed by atoms with Crippen molar-refractivity contribution in [3.63, 3.8) is 0 Å². The highest BCUT2D eigenvalue weighted by molar-refractivity contribution is 6.31. The molecule has 0 amide bonds. The van der Waals surface area contributed by atoms with Crippen molar-refractivity contribution in [3.8, 4) is 0 Å². The first-order valence-electron chi connectivity index (χ1n) is 12.4. The summed E-state index contributed by atoms with van der Waals surface area (Å²) in [4.78, 5) is 2.58. The Labute approximate surface area is 208 Å². The molecule has 1 aliphatic heterocycles. The molecule has 5 rings (SSSR count). The summed E-state index contributed by atoms with van der Waals surface area (Å²) in [6.07, 6.45) is 1.17. The fourth-order valence-electron chi connectivity index (χ4n) is 5.53. The SMILES string of the molecule is C[C@@H](NCC1CN(Cc2ccccc2Cl)CCC1c1ccccc1)c1cccc2ccccc12. The number of benzene rings is 4. The van der Waals surface area contributed by atoms with Crippen LogP contribution >= 0.6 is 11.6 Å². The first kappa shape index (κ1) is 23.1. The average molecular weight is 469 g/mol. The second kappa shape index (κ2) is 10.7. The summed E-state index contributed by atoms with van der Waals surface area (Å²) in [5.74, 6) is 1.10. The van der Waals surface area contributed by atoms with Gasteiger partial charge in [0.2, 0.25) is 0 Å². The molecule has 1 saturated heterocycles. The lowest BCUT2D eigenvalue weighted by molar-refractivity contribution is 0.143. The van der Waals surface area contributed by atoms with E-state index < -0.39 is 0 Å². The van der Waals surface area contributed by atoms with Gasteiger partial charge < -0.3 is 5.32 Å². The maximum atomic E-state index is 6.48. The monoisotopic (exact) mass is 468 g/mol. The summed E-state index contributed by atoms with van der Waals surface area (Å²) >= 11 is 6.48. The normalized spacial score (nSPS) is 19.8. The smallest absolute Gasteiger partial charge is 0.0451 e. The van der Waals surface area contributed by atoms with Crippen molar-refractivity contribution in [1.82, 2.24) is 10.2 Å². The van der Waals surface area contributed by atoms with Gasteiger partial charge in [0, 0.05) is 30.7 Å². The third-order valence-corrected chi connectivity index (χ3v) is 7.74. The maximum absolute atomic E-state index is 6.48. The number of nitrogens with zero attached hydrogens (tertiary/aromatic N) is 1. The first-order valence-corrected chi connectivity index (χ1v) is 12.8. The van der Waals surface area contributed by atoms with Crippen LogP contribution in [0, 0.1) is 5.92 Å². The number of hydrogen-bond donors (Lipinski definition) is 1. The van der Waals surface area contributed by atoms with Crippen LogP contribution in [0.3, 0.4) is 0 Å². The topological polar surface area (TPSA) is 15.3 Å². The molecule has 2 nitrogen and oxygen atoms in total. The Kier molecular flexibility index (Phi) is 7.30. The van der Waals surface area contributed by atoms with Gasteiger partial charge in [-0.3, -0.25) is 4.90 Å². The van der Waals surface area contributed by atoms with Gasteiger partial charge in [0.15, 0.2) is 0 Å². The fourth-order valence-corrected chi connectivity index (χ4v) is 5.73. The Bertz CT molecular complexity index is 1220. The number of hydrogen-bond acceptors (Lipinski definition) is 2. The van der Waals surface area contributed by atoms with Crippen LogP contribution in [0.15, 0.2) is 97.1 Å². The molecule has 1 heterocycles. The van der Waals surface area contributed by atoms with Crippen molar-refractivity contribution < 1.29 is 0 Å². The zero-order valence-electron chi connectivity index (χ0n) is 19.8. The molecule has 0 radical (unpaired) electrons. The first-order chi connectivity index (χ1) is 16.7. The molecule has 1 aliphatic rings. The van der Waals surface area contributed by atoms with Crippen LogP contribution in [0.25, 0.3) is 10.8 Å². The van der Waals surface area contributed by atoms with Gasteiger partial charge in [-0.25, -0.2) is 0 Å². The van der Waals surface area contributed by atoms with Crippen LogP contribution < -0.4 is 5.32 Å². The van der Waals surface area contributed by atoms with Crippen LogP contribution in [0.1, 0.15) is 42.0 Å². The van der Waals surface area contributed by atoms with Gasteiger partial charge in [-0.15, -0.1) is 0 Å². The Morgan fingerprint density at radius 2 is 1.62 bits per heavy atom. The van der Waals surface area contributed by atoms with E-state index in [1.165, 1.54) is 33.9 Å². The van der Waals surface area contributed by atoms with E-state index in [0.29, 0.717) is 17.9 Å². The van der Waals surface area contributed by atoms with Gasteiger partial charge in [-0.1, -0.05) is 103 Å². The highest BCUT2D eigenvalue weighted by Gasteiger charge is 2.30. The Morgan fingerprint density at radius 1 is 0.882 bits per heavy atom. The minimum absolute atomic E-state index is 0.293. The molecule has 0 spiro atoms. The molecule has 0 aromatic heterocycles. The fraction of sp³-hybridized carbons (Fsp3) is 0.290. The van der Waals surface area contributed by atoms with Crippen molar-refractivity contribution >= 4 is 22.4 Å². The number of fused-ring (bicyclic) bond motifs is 1. The quantitative estimate of drug-likeness (QED) is 0.303. The number of nitrogens with one attached hydrogen (secondary N) is 1. The molecule has 1 N–H and O–H groups in total. The van der Waals surface area contributed by atoms with E-state index in [4.69, 9.17) is 11.6 Å². The van der Waals surface area contributed by atoms with Crippen molar-refractivity contribution in [1.29, 1.82) is 0 Å². The molecule has 1 fully saturated rings. The molecule has 3 atom stereocenters. The van der Waals surface area contributed by atoms with E-state index in [1.807, 2.05) is 12.1 Å². The second-order valence-corrected chi connectivity index (χ2v) is 10.00. The van der Waals surface area contributed by atoms with Gasteiger partial charge in [0.25, 0.3) is 0 Å². The highest BCUT2D eigenvalue weighted by Crippen LogP contribution is 2.34. The standard InChI is InChI=1S/C31H33ClN2/c1-23(28-16-9-14-25-12-5-7-15-30(25)28)33-20-27-22-34(21-26-13-6-8-17-31(26)32)19-18-29(27)24-10-3-2-4-11-24/h2-17,23,27,29,33H,18-22H2,1H3/t23-,27?,29?/m1/s1. The number of likely N-dealkylation sites (tertiary alicyclic amines) is 1. The highest BCUT2D eigenvalue weighted by atomic mass is 35.5. The number of rotatable bonds is 7. The van der Waals surface area contributed by atoms with Gasteiger partial charge in [0.05, 0.1) is 0 Å². The predicted octanol–water partition coefficient (Wildman–Crippen LogP) is 7.45. The van der Waals surface area contributed by atoms with E-state index in [2.05, 4.69) is 102 Å². The second-order valence-electron chi connectivity index (χ2n) is 9.59. The van der Waals surface area contributed by atoms with Gasteiger partial charge in [-0.05, 0) is 65.3 Å². The van der Waals surface area contributed by atoms with Crippen molar-refractivity contribution in [2.45, 2.75) is 31.8 Å². The van der Waals surface area contributed by atoms with Crippen LogP contribution in [0.5, 0.6) is 0 Å². The van der Waals surface area contributed by atoms with E-state index in [-0.39, 0.29) is 0 Å². The molecule has 174 valence electrons. The molecular formula is C31H33ClN2. The molecule has 0 saturated carbocycles. The Hall–Kier alpha value is -2.65. The van der Waals surface area contributed by atoms with E-state index >= 15 is 0 Å². The lowest BCUT2D eigenvalue weighted by Gasteiger charge is -2.40. The van der Waals surface area contributed by atoms with Crippen molar-refractivity contribution in [2.75, 3.05) is 19.6 Å². The van der Waals surface area contributed by atoms with Crippen LogP contribution in [-0.4, -0.2) is 24.5 Å². The third kappa shape index (κ3) is 5.20. The molecule has 2 unspecified atom stereocenters. The van der Waals surface area contributed by atoms with Gasteiger partial charge in [-0.2, -0.15) is 0 Å². The van der Waals surface area contributed by atoms with Crippen LogP contribution in [0.2, 0.25) is 5.02 Å². The van der Waals surface area contributed by atoms with Gasteiger partial charge >= 0.3 is 0 Å². The van der Waals surface area contributed by atoms with Crippen LogP contribution in [-0.2, 0) is 6.54 Å². The van der Waals surface area contributed by atoms with Crippen LogP contribution in [0.4, 0.5) is 0 Å². The summed E-state index contributed by atoms with van der Waals surface area (Å²) in [6, 6.07) is 34.9. The minimum atomic E-state index is 0.293.